The van der Waals surface area contributed by atoms with Gasteiger partial charge < -0.3 is 14.4 Å². The van der Waals surface area contributed by atoms with E-state index < -0.39 is 18.0 Å². The average molecular weight is 353 g/mol. The van der Waals surface area contributed by atoms with Crippen LogP contribution in [0.4, 0.5) is 5.69 Å². The Morgan fingerprint density at radius 1 is 1.04 bits per heavy atom. The van der Waals surface area contributed by atoms with Crippen LogP contribution in [0.15, 0.2) is 54.6 Å². The lowest BCUT2D eigenvalue weighted by Gasteiger charge is -2.17. The van der Waals surface area contributed by atoms with Gasteiger partial charge in [0, 0.05) is 24.2 Å². The molecule has 0 saturated carbocycles. The van der Waals surface area contributed by atoms with Crippen molar-refractivity contribution >= 4 is 23.5 Å². The maximum absolute atomic E-state index is 12.4. The summed E-state index contributed by atoms with van der Waals surface area (Å²) in [5, 5.41) is 0. The largest absolute Gasteiger partial charge is 0.466 e. The summed E-state index contributed by atoms with van der Waals surface area (Å²) in [6, 6.07) is 15.3. The quantitative estimate of drug-likeness (QED) is 0.773. The third-order valence-corrected chi connectivity index (χ3v) is 4.23. The third-order valence-electron chi connectivity index (χ3n) is 4.23. The van der Waals surface area contributed by atoms with E-state index in [0.717, 1.165) is 12.1 Å². The molecule has 1 saturated heterocycles. The Kier molecular flexibility index (Phi) is 5.31. The summed E-state index contributed by atoms with van der Waals surface area (Å²) in [4.78, 5) is 37.9. The summed E-state index contributed by atoms with van der Waals surface area (Å²) in [6.45, 7) is 0.682. The van der Waals surface area contributed by atoms with Crippen molar-refractivity contribution in [1.82, 2.24) is 0 Å². The molecule has 1 amide bonds. The predicted octanol–water partition coefficient (Wildman–Crippen LogP) is 2.88. The Bertz CT molecular complexity index is 801. The molecule has 0 radical (unpaired) electrons. The highest BCUT2D eigenvalue weighted by molar-refractivity contribution is 5.96. The van der Waals surface area contributed by atoms with Crippen molar-refractivity contribution < 1.29 is 23.9 Å². The zero-order valence-electron chi connectivity index (χ0n) is 14.4. The van der Waals surface area contributed by atoms with E-state index in [1.807, 2.05) is 0 Å². The molecular weight excluding hydrogens is 334 g/mol. The Hall–Kier alpha value is -3.15. The first kappa shape index (κ1) is 17.7. The van der Waals surface area contributed by atoms with Crippen molar-refractivity contribution in [1.29, 1.82) is 0 Å². The molecule has 1 heterocycles. The molecule has 0 spiro atoms. The second kappa shape index (κ2) is 7.82. The number of hydrogen-bond acceptors (Lipinski definition) is 5. The Morgan fingerprint density at radius 2 is 1.73 bits per heavy atom. The van der Waals surface area contributed by atoms with Crippen LogP contribution in [0.3, 0.4) is 0 Å². The van der Waals surface area contributed by atoms with Gasteiger partial charge in [-0.1, -0.05) is 30.3 Å². The minimum atomic E-state index is -1.13. The van der Waals surface area contributed by atoms with E-state index in [-0.39, 0.29) is 5.91 Å². The summed E-state index contributed by atoms with van der Waals surface area (Å²) in [5.41, 5.74) is 1.58. The van der Waals surface area contributed by atoms with Crippen molar-refractivity contribution in [2.45, 2.75) is 18.9 Å². The van der Waals surface area contributed by atoms with Gasteiger partial charge in [-0.15, -0.1) is 0 Å². The number of rotatable bonds is 5. The zero-order chi connectivity index (χ0) is 18.5. The van der Waals surface area contributed by atoms with Crippen molar-refractivity contribution in [3.8, 4) is 0 Å². The highest BCUT2D eigenvalue weighted by Gasteiger charge is 2.27. The summed E-state index contributed by atoms with van der Waals surface area (Å²) >= 11 is 0. The molecule has 0 N–H and O–H groups in total. The second-order valence-electron chi connectivity index (χ2n) is 5.91. The average Bonchev–Trinajstić information content (AvgIpc) is 3.12. The van der Waals surface area contributed by atoms with E-state index in [1.54, 1.807) is 59.5 Å². The normalized spacial score (nSPS) is 14.8. The Balaban J connectivity index is 1.75. The molecule has 6 nitrogen and oxygen atoms in total. The van der Waals surface area contributed by atoms with E-state index in [1.165, 1.54) is 7.11 Å². The molecule has 26 heavy (non-hydrogen) atoms. The molecule has 6 heteroatoms. The second-order valence-corrected chi connectivity index (χ2v) is 5.91. The van der Waals surface area contributed by atoms with Gasteiger partial charge in [-0.2, -0.15) is 0 Å². The van der Waals surface area contributed by atoms with Gasteiger partial charge in [0.25, 0.3) is 0 Å². The minimum absolute atomic E-state index is 0.0789. The SMILES string of the molecule is COC(=O)C(OC(=O)c1ccc(N2CCCC2=O)cc1)c1ccccc1. The molecule has 0 aliphatic carbocycles. The molecule has 0 aromatic heterocycles. The smallest absolute Gasteiger partial charge is 0.351 e. The molecule has 1 atom stereocenters. The molecule has 1 fully saturated rings. The number of ether oxygens (including phenoxy) is 2. The van der Waals surface area contributed by atoms with Gasteiger partial charge >= 0.3 is 11.9 Å². The van der Waals surface area contributed by atoms with Crippen molar-refractivity contribution in [3.05, 3.63) is 65.7 Å². The summed E-state index contributed by atoms with van der Waals surface area (Å²) in [6.07, 6.45) is 0.246. The van der Waals surface area contributed by atoms with Crippen LogP contribution in [-0.4, -0.2) is 31.5 Å². The van der Waals surface area contributed by atoms with Crippen LogP contribution in [0.1, 0.15) is 34.9 Å². The lowest BCUT2D eigenvalue weighted by atomic mass is 10.1. The number of benzene rings is 2. The Morgan fingerprint density at radius 3 is 2.31 bits per heavy atom. The fraction of sp³-hybridized carbons (Fsp3) is 0.250. The van der Waals surface area contributed by atoms with E-state index >= 15 is 0 Å². The highest BCUT2D eigenvalue weighted by Crippen LogP contribution is 2.24. The maximum Gasteiger partial charge on any atom is 0.351 e. The van der Waals surface area contributed by atoms with Crippen LogP contribution >= 0.6 is 0 Å². The van der Waals surface area contributed by atoms with E-state index in [4.69, 9.17) is 9.47 Å². The van der Waals surface area contributed by atoms with Gasteiger partial charge in [0.15, 0.2) is 0 Å². The minimum Gasteiger partial charge on any atom is -0.466 e. The van der Waals surface area contributed by atoms with Gasteiger partial charge in [-0.3, -0.25) is 4.79 Å². The highest BCUT2D eigenvalue weighted by atomic mass is 16.6. The van der Waals surface area contributed by atoms with Gasteiger partial charge in [-0.25, -0.2) is 9.59 Å². The zero-order valence-corrected chi connectivity index (χ0v) is 14.4. The van der Waals surface area contributed by atoms with Crippen molar-refractivity contribution in [2.75, 3.05) is 18.6 Å². The molecule has 1 aliphatic rings. The van der Waals surface area contributed by atoms with Gasteiger partial charge in [0.1, 0.15) is 0 Å². The van der Waals surface area contributed by atoms with Crippen LogP contribution in [0.5, 0.6) is 0 Å². The molecular formula is C20H19NO5. The number of esters is 2. The first-order valence-electron chi connectivity index (χ1n) is 8.34. The van der Waals surface area contributed by atoms with Gasteiger partial charge in [-0.05, 0) is 30.7 Å². The summed E-state index contributed by atoms with van der Waals surface area (Å²) in [5.74, 6) is -1.21. The number of carbonyl (C=O) groups excluding carboxylic acids is 3. The summed E-state index contributed by atoms with van der Waals surface area (Å²) < 4.78 is 10.1. The van der Waals surface area contributed by atoms with E-state index in [0.29, 0.717) is 24.1 Å². The maximum atomic E-state index is 12.4. The number of hydrogen-bond donors (Lipinski definition) is 0. The molecule has 2 aromatic rings. The number of anilines is 1. The first-order chi connectivity index (χ1) is 12.6. The topological polar surface area (TPSA) is 72.9 Å². The monoisotopic (exact) mass is 353 g/mol. The molecule has 3 rings (SSSR count). The van der Waals surface area contributed by atoms with Gasteiger partial charge in [0.05, 0.1) is 12.7 Å². The standard InChI is InChI=1S/C20H19NO5/c1-25-20(24)18(14-6-3-2-4-7-14)26-19(23)15-9-11-16(12-10-15)21-13-5-8-17(21)22/h2-4,6-7,9-12,18H,5,8,13H2,1H3. The van der Waals surface area contributed by atoms with E-state index in [9.17, 15) is 14.4 Å². The molecule has 2 aromatic carbocycles. The number of carbonyl (C=O) groups is 3. The lowest BCUT2D eigenvalue weighted by molar-refractivity contribution is -0.151. The fourth-order valence-electron chi connectivity index (χ4n) is 2.86. The van der Waals surface area contributed by atoms with Crippen molar-refractivity contribution in [3.63, 3.8) is 0 Å². The predicted molar refractivity (Wildman–Crippen MR) is 94.6 cm³/mol. The molecule has 0 bridgehead atoms. The number of nitrogens with zero attached hydrogens (tertiary/aromatic N) is 1. The molecule has 1 unspecified atom stereocenters. The van der Waals surface area contributed by atoms with Crippen LogP contribution in [0, 0.1) is 0 Å². The van der Waals surface area contributed by atoms with Crippen molar-refractivity contribution in [2.24, 2.45) is 0 Å². The number of amides is 1. The first-order valence-corrected chi connectivity index (χ1v) is 8.34. The van der Waals surface area contributed by atoms with E-state index in [2.05, 4.69) is 0 Å². The lowest BCUT2D eigenvalue weighted by Crippen LogP contribution is -2.24. The van der Waals surface area contributed by atoms with Crippen LogP contribution in [0.25, 0.3) is 0 Å². The van der Waals surface area contributed by atoms with Gasteiger partial charge in [0.2, 0.25) is 12.0 Å². The number of methoxy groups -OCH3 is 1. The Labute approximate surface area is 151 Å². The molecule has 134 valence electrons. The third kappa shape index (κ3) is 3.74. The van der Waals surface area contributed by atoms with Crippen LogP contribution in [-0.2, 0) is 19.1 Å². The summed E-state index contributed by atoms with van der Waals surface area (Å²) in [7, 11) is 1.24. The van der Waals surface area contributed by atoms with Crippen LogP contribution in [0.2, 0.25) is 0 Å². The van der Waals surface area contributed by atoms with Crippen LogP contribution < -0.4 is 4.90 Å². The fourth-order valence-corrected chi connectivity index (χ4v) is 2.86. The molecule has 1 aliphatic heterocycles.